The van der Waals surface area contributed by atoms with Gasteiger partial charge >= 0.3 is 0 Å². The molecule has 5 aromatic rings. The summed E-state index contributed by atoms with van der Waals surface area (Å²) in [5.74, 6) is 0. The maximum Gasteiger partial charge on any atom is 0.0686 e. The van der Waals surface area contributed by atoms with E-state index in [4.69, 9.17) is 0 Å². The van der Waals surface area contributed by atoms with Crippen LogP contribution in [0.4, 0.5) is 0 Å². The van der Waals surface area contributed by atoms with E-state index in [-0.39, 0.29) is 0 Å². The van der Waals surface area contributed by atoms with Crippen molar-refractivity contribution in [2.24, 2.45) is 0 Å². The van der Waals surface area contributed by atoms with Crippen LogP contribution in [-0.2, 0) is 0 Å². The maximum absolute atomic E-state index is 3.62. The van der Waals surface area contributed by atoms with Crippen molar-refractivity contribution in [1.29, 1.82) is 0 Å². The molecule has 41 heavy (non-hydrogen) atoms. The summed E-state index contributed by atoms with van der Waals surface area (Å²) >= 11 is 1.92. The first kappa shape index (κ1) is 24.3. The summed E-state index contributed by atoms with van der Waals surface area (Å²) < 4.78 is 2.50. The summed E-state index contributed by atoms with van der Waals surface area (Å²) in [6.07, 6.45) is 15.7. The van der Waals surface area contributed by atoms with Gasteiger partial charge in [0.2, 0.25) is 0 Å². The SMILES string of the molecule is Cc1cccc2c1-c1cccc(C3=CC=CCN3)c1Sc1c-2n(-c2cccc(C3=CCCC=C3)c2)c2ccccc12. The van der Waals surface area contributed by atoms with Crippen molar-refractivity contribution in [3.63, 3.8) is 0 Å². The summed E-state index contributed by atoms with van der Waals surface area (Å²) in [6, 6.07) is 31.5. The monoisotopic (exact) mass is 546 g/mol. The molecule has 0 unspecified atom stereocenters. The Bertz CT molecular complexity index is 1980. The molecule has 198 valence electrons. The molecule has 0 atom stereocenters. The van der Waals surface area contributed by atoms with Crippen LogP contribution in [-0.4, -0.2) is 11.1 Å². The van der Waals surface area contributed by atoms with E-state index in [0.29, 0.717) is 0 Å². The van der Waals surface area contributed by atoms with Crippen LogP contribution in [0.25, 0.3) is 50.2 Å². The van der Waals surface area contributed by atoms with Crippen LogP contribution in [0.1, 0.15) is 29.5 Å². The summed E-state index contributed by atoms with van der Waals surface area (Å²) in [6.45, 7) is 3.10. The number of dihydropyridines is 1. The molecule has 0 saturated heterocycles. The average molecular weight is 547 g/mol. The number of aromatic nitrogens is 1. The normalized spacial score (nSPS) is 15.3. The molecule has 0 amide bonds. The van der Waals surface area contributed by atoms with Crippen LogP contribution in [0.3, 0.4) is 0 Å². The van der Waals surface area contributed by atoms with Gasteiger partial charge in [0.15, 0.2) is 0 Å². The Balaban J connectivity index is 1.45. The van der Waals surface area contributed by atoms with Crippen molar-refractivity contribution in [2.45, 2.75) is 29.6 Å². The van der Waals surface area contributed by atoms with E-state index in [2.05, 4.69) is 138 Å². The van der Waals surface area contributed by atoms with E-state index in [1.807, 2.05) is 11.8 Å². The first-order chi connectivity index (χ1) is 20.3. The fraction of sp³-hybridized carbons (Fsp3) is 0.105. The first-order valence-corrected chi connectivity index (χ1v) is 15.2. The number of para-hydroxylation sites is 1. The number of fused-ring (bicyclic) bond motifs is 7. The minimum atomic E-state index is 0.850. The molecule has 0 spiro atoms. The Labute approximate surface area is 245 Å². The Hall–Kier alpha value is -4.47. The van der Waals surface area contributed by atoms with Crippen LogP contribution in [0.15, 0.2) is 131 Å². The first-order valence-electron chi connectivity index (χ1n) is 14.4. The molecule has 2 nitrogen and oxygen atoms in total. The Kier molecular flexibility index (Phi) is 5.86. The van der Waals surface area contributed by atoms with E-state index in [1.165, 1.54) is 76.7 Å². The lowest BCUT2D eigenvalue weighted by atomic mass is 9.91. The fourth-order valence-corrected chi connectivity index (χ4v) is 7.85. The molecule has 3 heterocycles. The van der Waals surface area contributed by atoms with Gasteiger partial charge in [-0.3, -0.25) is 0 Å². The zero-order chi connectivity index (χ0) is 27.3. The highest BCUT2D eigenvalue weighted by atomic mass is 32.2. The van der Waals surface area contributed by atoms with E-state index >= 15 is 0 Å². The molecular formula is C38H30N2S. The number of allylic oxidation sites excluding steroid dienone is 6. The molecule has 3 heteroatoms. The standard InChI is InChI=1S/C38H30N2S/c1-25-12-9-19-31-35(25)32-20-11-18-29(33-21-7-8-23-39-33)37(32)41-38-30-17-5-6-22-34(30)40(36(31)38)28-16-10-15-27(24-28)26-13-3-2-4-14-26/h3,5-22,24,39H,2,4,23H2,1H3. The van der Waals surface area contributed by atoms with Crippen LogP contribution in [0, 0.1) is 6.92 Å². The van der Waals surface area contributed by atoms with Crippen molar-refractivity contribution >= 4 is 33.9 Å². The fourth-order valence-electron chi connectivity index (χ4n) is 6.50. The molecule has 2 aliphatic heterocycles. The molecule has 4 aromatic carbocycles. The molecule has 1 N–H and O–H groups in total. The highest BCUT2D eigenvalue weighted by molar-refractivity contribution is 8.00. The van der Waals surface area contributed by atoms with Gasteiger partial charge in [-0.15, -0.1) is 0 Å². The molecule has 0 radical (unpaired) electrons. The zero-order valence-electron chi connectivity index (χ0n) is 23.0. The molecule has 1 aliphatic carbocycles. The van der Waals surface area contributed by atoms with Crippen molar-refractivity contribution in [1.82, 2.24) is 9.88 Å². The number of hydrogen-bond donors (Lipinski definition) is 1. The largest absolute Gasteiger partial charge is 0.381 e. The second-order valence-electron chi connectivity index (χ2n) is 10.9. The number of nitrogens with zero attached hydrogens (tertiary/aromatic N) is 1. The van der Waals surface area contributed by atoms with Crippen molar-refractivity contribution in [3.8, 4) is 28.1 Å². The minimum Gasteiger partial charge on any atom is -0.381 e. The highest BCUT2D eigenvalue weighted by Gasteiger charge is 2.30. The second-order valence-corrected chi connectivity index (χ2v) is 11.9. The highest BCUT2D eigenvalue weighted by Crippen LogP contribution is 2.54. The van der Waals surface area contributed by atoms with E-state index in [9.17, 15) is 0 Å². The van der Waals surface area contributed by atoms with E-state index in [0.717, 1.165) is 19.4 Å². The predicted octanol–water partition coefficient (Wildman–Crippen LogP) is 9.97. The van der Waals surface area contributed by atoms with Gasteiger partial charge in [-0.2, -0.15) is 0 Å². The molecule has 3 aliphatic rings. The third-order valence-electron chi connectivity index (χ3n) is 8.38. The van der Waals surface area contributed by atoms with Crippen LogP contribution < -0.4 is 5.32 Å². The zero-order valence-corrected chi connectivity index (χ0v) is 23.8. The quantitative estimate of drug-likeness (QED) is 0.238. The smallest absolute Gasteiger partial charge is 0.0686 e. The topological polar surface area (TPSA) is 17.0 Å². The molecule has 8 rings (SSSR count). The Morgan fingerprint density at radius 2 is 1.63 bits per heavy atom. The summed E-state index contributed by atoms with van der Waals surface area (Å²) in [4.78, 5) is 2.62. The lowest BCUT2D eigenvalue weighted by molar-refractivity contribution is 0.989. The Morgan fingerprint density at radius 3 is 2.51 bits per heavy atom. The van der Waals surface area contributed by atoms with Gasteiger partial charge in [0.05, 0.1) is 11.2 Å². The van der Waals surface area contributed by atoms with Crippen LogP contribution in [0.5, 0.6) is 0 Å². The maximum atomic E-state index is 3.62. The molecule has 0 saturated carbocycles. The molecular weight excluding hydrogens is 516 g/mol. The van der Waals surface area contributed by atoms with E-state index in [1.54, 1.807) is 0 Å². The van der Waals surface area contributed by atoms with Gasteiger partial charge in [0.25, 0.3) is 0 Å². The number of nitrogens with one attached hydrogen (secondary N) is 1. The van der Waals surface area contributed by atoms with Gasteiger partial charge in [-0.25, -0.2) is 0 Å². The van der Waals surface area contributed by atoms with E-state index < -0.39 is 0 Å². The predicted molar refractivity (Wildman–Crippen MR) is 174 cm³/mol. The van der Waals surface area contributed by atoms with Crippen LogP contribution >= 0.6 is 11.8 Å². The summed E-state index contributed by atoms with van der Waals surface area (Å²) in [5, 5.41) is 4.91. The number of aryl methyl sites for hydroxylation is 1. The number of hydrogen-bond acceptors (Lipinski definition) is 2. The number of rotatable bonds is 3. The summed E-state index contributed by atoms with van der Waals surface area (Å²) in [5.41, 5.74) is 13.9. The van der Waals surface area contributed by atoms with Crippen molar-refractivity contribution in [2.75, 3.05) is 6.54 Å². The number of benzene rings is 4. The molecule has 0 bridgehead atoms. The average Bonchev–Trinajstić information content (AvgIpc) is 3.27. The second kappa shape index (κ2) is 9.87. The lowest BCUT2D eigenvalue weighted by Crippen LogP contribution is -2.15. The van der Waals surface area contributed by atoms with Gasteiger partial charge in [-0.1, -0.05) is 109 Å². The van der Waals surface area contributed by atoms with Gasteiger partial charge < -0.3 is 9.88 Å². The third-order valence-corrected chi connectivity index (χ3v) is 9.64. The van der Waals surface area contributed by atoms with Gasteiger partial charge in [0.1, 0.15) is 0 Å². The Morgan fingerprint density at radius 1 is 0.780 bits per heavy atom. The molecule has 0 fully saturated rings. The third kappa shape index (κ3) is 3.95. The van der Waals surface area contributed by atoms with Crippen LogP contribution in [0.2, 0.25) is 0 Å². The minimum absolute atomic E-state index is 0.850. The van der Waals surface area contributed by atoms with Gasteiger partial charge in [0, 0.05) is 44.2 Å². The molecule has 1 aromatic heterocycles. The van der Waals surface area contributed by atoms with Gasteiger partial charge in [-0.05, 0) is 71.9 Å². The lowest BCUT2D eigenvalue weighted by Gasteiger charge is -2.19. The van der Waals surface area contributed by atoms with Crippen molar-refractivity contribution < 1.29 is 0 Å². The van der Waals surface area contributed by atoms with Crippen molar-refractivity contribution in [3.05, 3.63) is 138 Å². The summed E-state index contributed by atoms with van der Waals surface area (Å²) in [7, 11) is 0.